The van der Waals surface area contributed by atoms with Gasteiger partial charge in [-0.1, -0.05) is 60.7 Å². The fraction of sp³-hybridized carbons (Fsp3) is 0.360. The van der Waals surface area contributed by atoms with Gasteiger partial charge in [0.05, 0.1) is 7.11 Å². The van der Waals surface area contributed by atoms with E-state index in [1.165, 1.54) is 7.11 Å². The van der Waals surface area contributed by atoms with Crippen LogP contribution in [0, 0.1) is 0 Å². The number of nitrogens with one attached hydrogen (secondary N) is 3. The first-order valence-corrected chi connectivity index (χ1v) is 12.3. The molecule has 3 amide bonds. The van der Waals surface area contributed by atoms with Crippen LogP contribution in [0.3, 0.4) is 0 Å². The summed E-state index contributed by atoms with van der Waals surface area (Å²) in [7, 11) is 1.26. The zero-order valence-electron chi connectivity index (χ0n) is 19.4. The maximum Gasteiger partial charge on any atom is 0.328 e. The van der Waals surface area contributed by atoms with Crippen LogP contribution < -0.4 is 16.0 Å². The van der Waals surface area contributed by atoms with Gasteiger partial charge in [0.25, 0.3) is 0 Å². The van der Waals surface area contributed by atoms with Crippen molar-refractivity contribution in [2.45, 2.75) is 37.4 Å². The molecule has 182 valence electrons. The number of hydrogen-bond acceptors (Lipinski definition) is 6. The number of carbonyl (C=O) groups excluding carboxylic acids is 4. The molecule has 0 saturated carbocycles. The largest absolute Gasteiger partial charge is 0.467 e. The number of rotatable bonds is 14. The van der Waals surface area contributed by atoms with Crippen molar-refractivity contribution in [2.24, 2.45) is 0 Å². The van der Waals surface area contributed by atoms with Crippen LogP contribution in [0.25, 0.3) is 0 Å². The molecule has 0 aliphatic heterocycles. The Morgan fingerprint density at radius 2 is 1.35 bits per heavy atom. The van der Waals surface area contributed by atoms with Crippen LogP contribution in [0.15, 0.2) is 60.7 Å². The normalized spacial score (nSPS) is 13.1. The standard InChI is InChI=1S/C25H31N3O5S/c1-33-25(32)22(16-19-11-7-4-8-12-19)28-24(31)21(15-18-9-5-3-6-10-18)27-23(30)20(26-17-29)13-14-34-2/h3-12,17,20-22H,13-16H2,1-2H3,(H,26,29)(H,27,30)(H,28,31)/t20-,21-,22-/m0/s1. The van der Waals surface area contributed by atoms with Gasteiger partial charge in [-0.25, -0.2) is 4.79 Å². The van der Waals surface area contributed by atoms with Crippen molar-refractivity contribution in [3.63, 3.8) is 0 Å². The lowest BCUT2D eigenvalue weighted by atomic mass is 10.0. The molecule has 34 heavy (non-hydrogen) atoms. The predicted octanol–water partition coefficient (Wildman–Crippen LogP) is 1.48. The first-order valence-electron chi connectivity index (χ1n) is 10.9. The zero-order valence-corrected chi connectivity index (χ0v) is 20.2. The molecule has 3 atom stereocenters. The molecule has 0 aliphatic carbocycles. The van der Waals surface area contributed by atoms with Gasteiger partial charge in [0.2, 0.25) is 18.2 Å². The first kappa shape index (κ1) is 26.9. The van der Waals surface area contributed by atoms with Crippen molar-refractivity contribution >= 4 is 36.0 Å². The van der Waals surface area contributed by atoms with E-state index in [9.17, 15) is 19.2 Å². The molecular formula is C25H31N3O5S. The fourth-order valence-corrected chi connectivity index (χ4v) is 3.87. The Morgan fingerprint density at radius 1 is 0.853 bits per heavy atom. The van der Waals surface area contributed by atoms with Crippen LogP contribution >= 0.6 is 11.8 Å². The monoisotopic (exact) mass is 485 g/mol. The summed E-state index contributed by atoms with van der Waals surface area (Å²) >= 11 is 1.55. The van der Waals surface area contributed by atoms with E-state index in [0.717, 1.165) is 11.1 Å². The molecule has 9 heteroatoms. The molecule has 0 spiro atoms. The lowest BCUT2D eigenvalue weighted by Gasteiger charge is -2.24. The molecular weight excluding hydrogens is 454 g/mol. The molecule has 0 unspecified atom stereocenters. The van der Waals surface area contributed by atoms with Crippen LogP contribution in [0.5, 0.6) is 0 Å². The van der Waals surface area contributed by atoms with E-state index in [4.69, 9.17) is 4.74 Å². The molecule has 0 heterocycles. The van der Waals surface area contributed by atoms with E-state index in [1.807, 2.05) is 66.9 Å². The Kier molecular flexibility index (Phi) is 11.7. The van der Waals surface area contributed by atoms with E-state index in [1.54, 1.807) is 11.8 Å². The Labute approximate surface area is 204 Å². The van der Waals surface area contributed by atoms with Gasteiger partial charge in [-0.2, -0.15) is 11.8 Å². The topological polar surface area (TPSA) is 114 Å². The number of ether oxygens (including phenoxy) is 1. The average molecular weight is 486 g/mol. The SMILES string of the molecule is COC(=O)[C@H](Cc1ccccc1)NC(=O)[C@H](Cc1ccccc1)NC(=O)[C@H](CCSC)NC=O. The lowest BCUT2D eigenvalue weighted by molar-refractivity contribution is -0.145. The zero-order chi connectivity index (χ0) is 24.8. The number of amides is 3. The summed E-state index contributed by atoms with van der Waals surface area (Å²) in [4.78, 5) is 49.6. The third-order valence-electron chi connectivity index (χ3n) is 5.20. The molecule has 3 N–H and O–H groups in total. The third-order valence-corrected chi connectivity index (χ3v) is 5.84. The van der Waals surface area contributed by atoms with Gasteiger partial charge in [0.1, 0.15) is 18.1 Å². The van der Waals surface area contributed by atoms with E-state index in [2.05, 4.69) is 16.0 Å². The van der Waals surface area contributed by atoms with Crippen LogP contribution in [0.2, 0.25) is 0 Å². The smallest absolute Gasteiger partial charge is 0.328 e. The highest BCUT2D eigenvalue weighted by Gasteiger charge is 2.29. The average Bonchev–Trinajstić information content (AvgIpc) is 2.86. The van der Waals surface area contributed by atoms with E-state index in [0.29, 0.717) is 18.6 Å². The van der Waals surface area contributed by atoms with Crippen molar-refractivity contribution in [3.8, 4) is 0 Å². The van der Waals surface area contributed by atoms with E-state index >= 15 is 0 Å². The van der Waals surface area contributed by atoms with Crippen LogP contribution in [0.1, 0.15) is 17.5 Å². The van der Waals surface area contributed by atoms with Crippen molar-refractivity contribution < 1.29 is 23.9 Å². The van der Waals surface area contributed by atoms with Crippen LogP contribution in [-0.4, -0.2) is 61.4 Å². The quantitative estimate of drug-likeness (QED) is 0.276. The number of esters is 1. The highest BCUT2D eigenvalue weighted by atomic mass is 32.2. The summed E-state index contributed by atoms with van der Waals surface area (Å²) in [6.07, 6.45) is 3.26. The molecule has 2 aromatic carbocycles. The second kappa shape index (κ2) is 14.7. The first-order chi connectivity index (χ1) is 16.5. The van der Waals surface area contributed by atoms with Gasteiger partial charge >= 0.3 is 5.97 Å². The molecule has 8 nitrogen and oxygen atoms in total. The van der Waals surface area contributed by atoms with Crippen LogP contribution in [0.4, 0.5) is 0 Å². The van der Waals surface area contributed by atoms with E-state index in [-0.39, 0.29) is 12.8 Å². The summed E-state index contributed by atoms with van der Waals surface area (Å²) in [5.74, 6) is -0.897. The molecule has 2 rings (SSSR count). The summed E-state index contributed by atoms with van der Waals surface area (Å²) < 4.78 is 4.89. The number of benzene rings is 2. The van der Waals surface area contributed by atoms with Crippen molar-refractivity contribution in [3.05, 3.63) is 71.8 Å². The minimum absolute atomic E-state index is 0.216. The van der Waals surface area contributed by atoms with Crippen LogP contribution in [-0.2, 0) is 36.8 Å². The minimum atomic E-state index is -0.955. The molecule has 2 aromatic rings. The van der Waals surface area contributed by atoms with Gasteiger partial charge in [-0.15, -0.1) is 0 Å². The Balaban J connectivity index is 2.21. The maximum atomic E-state index is 13.3. The van der Waals surface area contributed by atoms with Gasteiger partial charge in [-0.3, -0.25) is 14.4 Å². The predicted molar refractivity (Wildman–Crippen MR) is 132 cm³/mol. The van der Waals surface area contributed by atoms with Gasteiger partial charge < -0.3 is 20.7 Å². The fourth-order valence-electron chi connectivity index (χ4n) is 3.40. The second-order valence-corrected chi connectivity index (χ2v) is 8.63. The van der Waals surface area contributed by atoms with Gasteiger partial charge in [0.15, 0.2) is 0 Å². The molecule has 0 radical (unpaired) electrons. The highest BCUT2D eigenvalue weighted by Crippen LogP contribution is 2.09. The Hall–Kier alpha value is -3.33. The number of methoxy groups -OCH3 is 1. The Bertz CT molecular complexity index is 927. The number of carbonyl (C=O) groups is 4. The summed E-state index contributed by atoms with van der Waals surface area (Å²) in [5, 5.41) is 8.00. The van der Waals surface area contributed by atoms with Crippen molar-refractivity contribution in [1.82, 2.24) is 16.0 Å². The summed E-state index contributed by atoms with van der Waals surface area (Å²) in [6, 6.07) is 15.9. The highest BCUT2D eigenvalue weighted by molar-refractivity contribution is 7.98. The van der Waals surface area contributed by atoms with Gasteiger partial charge in [0, 0.05) is 12.8 Å². The maximum absolute atomic E-state index is 13.3. The molecule has 0 bridgehead atoms. The number of hydrogen-bond donors (Lipinski definition) is 3. The van der Waals surface area contributed by atoms with Crippen molar-refractivity contribution in [2.75, 3.05) is 19.1 Å². The molecule has 0 aromatic heterocycles. The summed E-state index contributed by atoms with van der Waals surface area (Å²) in [6.45, 7) is 0. The summed E-state index contributed by atoms with van der Waals surface area (Å²) in [5.41, 5.74) is 1.69. The second-order valence-electron chi connectivity index (χ2n) is 7.64. The van der Waals surface area contributed by atoms with Crippen molar-refractivity contribution in [1.29, 1.82) is 0 Å². The molecule has 0 fully saturated rings. The molecule has 0 saturated heterocycles. The Morgan fingerprint density at radius 3 is 1.85 bits per heavy atom. The lowest BCUT2D eigenvalue weighted by Crippen LogP contribution is -2.56. The van der Waals surface area contributed by atoms with E-state index < -0.39 is 35.9 Å². The third kappa shape index (κ3) is 8.90. The van der Waals surface area contributed by atoms with Gasteiger partial charge in [-0.05, 0) is 29.6 Å². The number of thioether (sulfide) groups is 1. The minimum Gasteiger partial charge on any atom is -0.467 e. The molecule has 0 aliphatic rings.